The number of nitrogens with one attached hydrogen (secondary N) is 1. The molecule has 8 nitrogen and oxygen atoms in total. The third kappa shape index (κ3) is 3.79. The number of halogens is 1. The summed E-state index contributed by atoms with van der Waals surface area (Å²) in [6.07, 6.45) is 0. The second kappa shape index (κ2) is 8.25. The van der Waals surface area contributed by atoms with Gasteiger partial charge < -0.3 is 9.80 Å². The van der Waals surface area contributed by atoms with E-state index in [0.29, 0.717) is 13.1 Å². The molecule has 0 aliphatic carbocycles. The number of quaternary nitrogens is 1. The van der Waals surface area contributed by atoms with E-state index < -0.39 is 16.7 Å². The van der Waals surface area contributed by atoms with Crippen LogP contribution in [0.1, 0.15) is 5.56 Å². The lowest BCUT2D eigenvalue weighted by molar-refractivity contribution is -0.917. The zero-order valence-corrected chi connectivity index (χ0v) is 16.8. The van der Waals surface area contributed by atoms with Crippen LogP contribution in [-0.2, 0) is 16.1 Å². The Morgan fingerprint density at radius 1 is 1.00 bits per heavy atom. The number of anilines is 1. The molecule has 2 heterocycles. The molecule has 1 fully saturated rings. The first-order valence-electron chi connectivity index (χ1n) is 9.61. The Bertz CT molecular complexity index is 1030. The Kier molecular flexibility index (Phi) is 5.52. The summed E-state index contributed by atoms with van der Waals surface area (Å²) in [7, 11) is 0. The number of carbonyl (C=O) groups excluding carboxylic acids is 2. The molecule has 0 spiro atoms. The average Bonchev–Trinajstić information content (AvgIpc) is 2.98. The summed E-state index contributed by atoms with van der Waals surface area (Å²) in [5.74, 6) is -1.20. The van der Waals surface area contributed by atoms with Crippen molar-refractivity contribution in [2.24, 2.45) is 0 Å². The maximum Gasteiger partial charge on any atom is 0.283 e. The van der Waals surface area contributed by atoms with Crippen LogP contribution in [0.15, 0.2) is 65.3 Å². The third-order valence-electron chi connectivity index (χ3n) is 5.39. The number of nitro benzene ring substituents is 1. The largest absolute Gasteiger partial charge is 0.354 e. The number of benzene rings is 2. The van der Waals surface area contributed by atoms with Crippen LogP contribution in [-0.4, -0.2) is 47.8 Å². The molecule has 4 rings (SSSR count). The Hall–Kier alpha value is -3.23. The molecule has 2 aromatic rings. The maximum absolute atomic E-state index is 13.0. The van der Waals surface area contributed by atoms with Crippen molar-refractivity contribution in [2.75, 3.05) is 31.1 Å². The highest BCUT2D eigenvalue weighted by atomic mass is 35.5. The summed E-state index contributed by atoms with van der Waals surface area (Å²) in [4.78, 5) is 40.3. The molecule has 0 unspecified atom stereocenters. The Morgan fingerprint density at radius 3 is 2.37 bits per heavy atom. The summed E-state index contributed by atoms with van der Waals surface area (Å²) in [5.41, 5.74) is 1.37. The number of amides is 2. The molecule has 0 atom stereocenters. The van der Waals surface area contributed by atoms with Crippen molar-refractivity contribution in [3.8, 4) is 0 Å². The topological polar surface area (TPSA) is 88.2 Å². The number of carbonyl (C=O) groups is 2. The van der Waals surface area contributed by atoms with Gasteiger partial charge in [0.05, 0.1) is 36.8 Å². The van der Waals surface area contributed by atoms with Crippen LogP contribution >= 0.6 is 11.6 Å². The first-order chi connectivity index (χ1) is 14.5. The molecule has 0 aromatic heterocycles. The van der Waals surface area contributed by atoms with Crippen LogP contribution < -0.4 is 9.80 Å². The van der Waals surface area contributed by atoms with Crippen LogP contribution in [0.4, 0.5) is 11.4 Å². The van der Waals surface area contributed by atoms with Crippen molar-refractivity contribution < 1.29 is 19.4 Å². The van der Waals surface area contributed by atoms with E-state index in [1.165, 1.54) is 34.7 Å². The van der Waals surface area contributed by atoms with Gasteiger partial charge in [-0.1, -0.05) is 48.0 Å². The van der Waals surface area contributed by atoms with Crippen molar-refractivity contribution in [1.29, 1.82) is 0 Å². The molecule has 1 N–H and O–H groups in total. The third-order valence-corrected chi connectivity index (χ3v) is 5.73. The quantitative estimate of drug-likeness (QED) is 0.441. The minimum Gasteiger partial charge on any atom is -0.354 e. The SMILES string of the molecule is O=C1C(Cl)=C(N2CC[NH+](Cc3ccccc3)CC2)C(=O)N1c1cccc([N+](=O)[O-])c1. The lowest BCUT2D eigenvalue weighted by atomic mass is 10.2. The van der Waals surface area contributed by atoms with Crippen molar-refractivity contribution in [1.82, 2.24) is 4.90 Å². The molecule has 154 valence electrons. The zero-order chi connectivity index (χ0) is 21.3. The van der Waals surface area contributed by atoms with Crippen LogP contribution in [0.2, 0.25) is 0 Å². The summed E-state index contributed by atoms with van der Waals surface area (Å²) in [6, 6.07) is 15.6. The van der Waals surface area contributed by atoms with E-state index in [2.05, 4.69) is 12.1 Å². The fourth-order valence-corrected chi connectivity index (χ4v) is 4.14. The number of rotatable bonds is 5. The average molecular weight is 428 g/mol. The van der Waals surface area contributed by atoms with E-state index in [0.717, 1.165) is 24.5 Å². The van der Waals surface area contributed by atoms with E-state index >= 15 is 0 Å². The van der Waals surface area contributed by atoms with Gasteiger partial charge in [-0.2, -0.15) is 0 Å². The van der Waals surface area contributed by atoms with E-state index in [1.807, 2.05) is 23.1 Å². The number of non-ortho nitro benzene ring substituents is 1. The molecule has 30 heavy (non-hydrogen) atoms. The lowest BCUT2D eigenvalue weighted by Gasteiger charge is -2.33. The van der Waals surface area contributed by atoms with Gasteiger partial charge in [-0.25, -0.2) is 4.90 Å². The second-order valence-corrected chi connectivity index (χ2v) is 7.66. The van der Waals surface area contributed by atoms with E-state index in [-0.39, 0.29) is 22.1 Å². The molecule has 2 aliphatic heterocycles. The molecule has 1 saturated heterocycles. The number of hydrogen-bond acceptors (Lipinski definition) is 5. The van der Waals surface area contributed by atoms with Gasteiger partial charge in [0.2, 0.25) is 0 Å². The molecule has 2 aliphatic rings. The highest BCUT2D eigenvalue weighted by Crippen LogP contribution is 2.32. The minimum atomic E-state index is -0.656. The maximum atomic E-state index is 13.0. The summed E-state index contributed by atoms with van der Waals surface area (Å²) < 4.78 is 0. The van der Waals surface area contributed by atoms with E-state index in [1.54, 1.807) is 0 Å². The normalized spacial score (nSPS) is 17.8. The number of imide groups is 1. The molecule has 0 radical (unpaired) electrons. The predicted molar refractivity (Wildman–Crippen MR) is 111 cm³/mol. The van der Waals surface area contributed by atoms with Gasteiger partial charge in [0, 0.05) is 17.7 Å². The monoisotopic (exact) mass is 427 g/mol. The molecule has 2 aromatic carbocycles. The smallest absolute Gasteiger partial charge is 0.283 e. The highest BCUT2D eigenvalue weighted by molar-refractivity contribution is 6.52. The van der Waals surface area contributed by atoms with Gasteiger partial charge in [0.25, 0.3) is 17.5 Å². The van der Waals surface area contributed by atoms with Gasteiger partial charge in [0.15, 0.2) is 0 Å². The molecule has 9 heteroatoms. The molecule has 0 saturated carbocycles. The second-order valence-electron chi connectivity index (χ2n) is 7.28. The van der Waals surface area contributed by atoms with Gasteiger partial charge >= 0.3 is 0 Å². The Balaban J connectivity index is 1.47. The van der Waals surface area contributed by atoms with Gasteiger partial charge in [-0.05, 0) is 6.07 Å². The van der Waals surface area contributed by atoms with Crippen LogP contribution in [0.3, 0.4) is 0 Å². The summed E-state index contributed by atoms with van der Waals surface area (Å²) in [6.45, 7) is 3.70. The first kappa shape index (κ1) is 20.1. The van der Waals surface area contributed by atoms with Crippen molar-refractivity contribution in [3.63, 3.8) is 0 Å². The number of nitrogens with zero attached hydrogens (tertiary/aromatic N) is 3. The zero-order valence-electron chi connectivity index (χ0n) is 16.1. The van der Waals surface area contributed by atoms with Crippen LogP contribution in [0.25, 0.3) is 0 Å². The fraction of sp³-hybridized carbons (Fsp3) is 0.238. The van der Waals surface area contributed by atoms with Crippen molar-refractivity contribution >= 4 is 34.8 Å². The van der Waals surface area contributed by atoms with E-state index in [4.69, 9.17) is 11.6 Å². The Labute approximate surface area is 178 Å². The molecular weight excluding hydrogens is 408 g/mol. The van der Waals surface area contributed by atoms with Crippen LogP contribution in [0, 0.1) is 10.1 Å². The number of hydrogen-bond donors (Lipinski definition) is 1. The van der Waals surface area contributed by atoms with Gasteiger partial charge in [-0.15, -0.1) is 0 Å². The summed E-state index contributed by atoms with van der Waals surface area (Å²) in [5, 5.41) is 10.9. The molecule has 2 amide bonds. The minimum absolute atomic E-state index is 0.140. The van der Waals surface area contributed by atoms with Gasteiger partial charge in [-0.3, -0.25) is 19.7 Å². The standard InChI is InChI=1S/C21H19ClN4O4/c22-18-19(24-11-9-23(10-12-24)14-15-5-2-1-3-6-15)21(28)25(20(18)27)16-7-4-8-17(13-16)26(29)30/h1-8,13H,9-12,14H2/p+1. The summed E-state index contributed by atoms with van der Waals surface area (Å²) >= 11 is 6.26. The molecule has 0 bridgehead atoms. The first-order valence-corrected chi connectivity index (χ1v) is 9.99. The fourth-order valence-electron chi connectivity index (χ4n) is 3.85. The highest BCUT2D eigenvalue weighted by Gasteiger charge is 2.42. The lowest BCUT2D eigenvalue weighted by Crippen LogP contribution is -3.13. The Morgan fingerprint density at radius 2 is 1.70 bits per heavy atom. The van der Waals surface area contributed by atoms with Crippen molar-refractivity contribution in [3.05, 3.63) is 81.0 Å². The number of nitro groups is 1. The van der Waals surface area contributed by atoms with Crippen molar-refractivity contribution in [2.45, 2.75) is 6.54 Å². The van der Waals surface area contributed by atoms with E-state index in [9.17, 15) is 19.7 Å². The number of piperazine rings is 1. The van der Waals surface area contributed by atoms with Crippen LogP contribution in [0.5, 0.6) is 0 Å². The predicted octanol–water partition coefficient (Wildman–Crippen LogP) is 1.32. The molecular formula is C21H20ClN4O4+. The van der Waals surface area contributed by atoms with Gasteiger partial charge in [0.1, 0.15) is 17.3 Å².